The Kier molecular flexibility index (Phi) is 5.36. The van der Waals surface area contributed by atoms with Crippen LogP contribution in [-0.2, 0) is 6.18 Å². The number of nitrogens with one attached hydrogen (secondary N) is 1. The third-order valence-corrected chi connectivity index (χ3v) is 9.51. The van der Waals surface area contributed by atoms with Gasteiger partial charge in [0.15, 0.2) is 0 Å². The molecule has 38 heavy (non-hydrogen) atoms. The van der Waals surface area contributed by atoms with Crippen LogP contribution >= 0.6 is 0 Å². The Hall–Kier alpha value is -2.05. The molecular formula is C26H31F6N3O3. The minimum Gasteiger partial charge on any atom is -0.492 e. The number of aromatic nitrogens is 2. The molecule has 0 amide bonds. The number of nitrogens with zero attached hydrogens (tertiary/aromatic N) is 2. The van der Waals surface area contributed by atoms with E-state index in [-0.39, 0.29) is 61.2 Å². The zero-order valence-corrected chi connectivity index (χ0v) is 21.1. The predicted octanol–water partition coefficient (Wildman–Crippen LogP) is 5.12. The first-order valence-electron chi connectivity index (χ1n) is 12.9. The smallest absolute Gasteiger partial charge is 0.418 e. The Morgan fingerprint density at radius 2 is 1.71 bits per heavy atom. The van der Waals surface area contributed by atoms with Crippen LogP contribution < -0.4 is 10.1 Å². The normalized spacial score (nSPS) is 40.8. The topological polar surface area (TPSA) is 79.5 Å². The standard InChI is InChI=1S/C26H31F6N3O3/c1-14-5-24(37,22-10-23(11-22,12-22)26(30,31)32)6-15(34-14)9-38-17-3-18(25(27,28)29)20-19(4-17)33-13-35(20)16-7-21(2,36)8-16/h3-4,13-16,34,36-37H,5-12H2,1-2H3/t14-,15-,16?,21?,22?,23?,24-/m0/s1. The minimum atomic E-state index is -4.67. The molecule has 2 heterocycles. The van der Waals surface area contributed by atoms with Gasteiger partial charge in [-0.2, -0.15) is 26.3 Å². The molecule has 2 aromatic rings. The van der Waals surface area contributed by atoms with Crippen molar-refractivity contribution in [1.29, 1.82) is 0 Å². The van der Waals surface area contributed by atoms with Crippen molar-refractivity contribution in [2.75, 3.05) is 6.61 Å². The van der Waals surface area contributed by atoms with Crippen molar-refractivity contribution >= 4 is 11.0 Å². The molecule has 12 heteroatoms. The van der Waals surface area contributed by atoms with Crippen molar-refractivity contribution < 1.29 is 41.3 Å². The molecule has 0 spiro atoms. The zero-order valence-electron chi connectivity index (χ0n) is 21.1. The van der Waals surface area contributed by atoms with Crippen molar-refractivity contribution in [3.05, 3.63) is 24.0 Å². The fourth-order valence-electron chi connectivity index (χ4n) is 7.71. The molecule has 4 saturated carbocycles. The van der Waals surface area contributed by atoms with E-state index in [0.717, 1.165) is 6.07 Å². The van der Waals surface area contributed by atoms with Crippen molar-refractivity contribution in [2.24, 2.45) is 10.8 Å². The fraction of sp³-hybridized carbons (Fsp3) is 0.731. The van der Waals surface area contributed by atoms with E-state index in [9.17, 15) is 36.6 Å². The highest BCUT2D eigenvalue weighted by Gasteiger charge is 2.83. The van der Waals surface area contributed by atoms with Gasteiger partial charge in [-0.25, -0.2) is 4.98 Å². The van der Waals surface area contributed by atoms with Gasteiger partial charge in [-0.05, 0) is 64.9 Å². The lowest BCUT2D eigenvalue weighted by molar-refractivity contribution is -0.403. The van der Waals surface area contributed by atoms with Gasteiger partial charge >= 0.3 is 12.4 Å². The predicted molar refractivity (Wildman–Crippen MR) is 124 cm³/mol. The Morgan fingerprint density at radius 3 is 2.29 bits per heavy atom. The minimum absolute atomic E-state index is 0.0270. The van der Waals surface area contributed by atoms with E-state index in [1.165, 1.54) is 17.0 Å². The van der Waals surface area contributed by atoms with Crippen LogP contribution in [0.15, 0.2) is 18.5 Å². The summed E-state index contributed by atoms with van der Waals surface area (Å²) in [5, 5.41) is 24.8. The summed E-state index contributed by atoms with van der Waals surface area (Å²) in [5.41, 5.74) is -5.48. The number of benzene rings is 1. The molecule has 0 radical (unpaired) electrons. The highest BCUT2D eigenvalue weighted by Crippen LogP contribution is 2.82. The van der Waals surface area contributed by atoms with Gasteiger partial charge in [0.25, 0.3) is 0 Å². The second kappa shape index (κ2) is 7.78. The summed E-state index contributed by atoms with van der Waals surface area (Å²) in [6.45, 7) is 3.42. The number of aliphatic hydroxyl groups is 2. The highest BCUT2D eigenvalue weighted by molar-refractivity contribution is 5.82. The number of halogens is 6. The summed E-state index contributed by atoms with van der Waals surface area (Å²) in [4.78, 5) is 4.17. The third kappa shape index (κ3) is 3.84. The largest absolute Gasteiger partial charge is 0.492 e. The molecule has 1 aliphatic heterocycles. The van der Waals surface area contributed by atoms with E-state index < -0.39 is 46.0 Å². The Labute approximate surface area is 215 Å². The van der Waals surface area contributed by atoms with Gasteiger partial charge in [0.1, 0.15) is 12.4 Å². The van der Waals surface area contributed by atoms with E-state index >= 15 is 0 Å². The molecule has 6 nitrogen and oxygen atoms in total. The molecule has 1 aromatic heterocycles. The van der Waals surface area contributed by atoms with Crippen molar-refractivity contribution in [2.45, 2.75) is 100 Å². The van der Waals surface area contributed by atoms with E-state index in [1.807, 2.05) is 6.92 Å². The molecule has 1 aromatic carbocycles. The maximum Gasteiger partial charge on any atom is 0.418 e. The van der Waals surface area contributed by atoms with E-state index in [1.54, 1.807) is 6.92 Å². The number of hydrogen-bond acceptors (Lipinski definition) is 5. The Balaban J connectivity index is 1.19. The van der Waals surface area contributed by atoms with Crippen LogP contribution in [0.1, 0.15) is 70.4 Å². The van der Waals surface area contributed by atoms with Gasteiger partial charge in [0, 0.05) is 29.6 Å². The second-order valence-corrected chi connectivity index (χ2v) is 12.7. The molecule has 1 saturated heterocycles. The quantitative estimate of drug-likeness (QED) is 0.453. The van der Waals surface area contributed by atoms with E-state index in [0.29, 0.717) is 19.3 Å². The third-order valence-electron chi connectivity index (χ3n) is 9.51. The fourth-order valence-corrected chi connectivity index (χ4v) is 7.71. The molecule has 2 bridgehead atoms. The van der Waals surface area contributed by atoms with Gasteiger partial charge in [0.2, 0.25) is 0 Å². The summed E-state index contributed by atoms with van der Waals surface area (Å²) < 4.78 is 89.5. The first kappa shape index (κ1) is 26.2. The van der Waals surface area contributed by atoms with E-state index in [2.05, 4.69) is 10.3 Å². The van der Waals surface area contributed by atoms with Crippen LogP contribution in [-0.4, -0.2) is 55.8 Å². The number of rotatable bonds is 5. The second-order valence-electron chi connectivity index (χ2n) is 12.7. The molecular weight excluding hydrogens is 516 g/mol. The lowest BCUT2D eigenvalue weighted by Gasteiger charge is -2.76. The molecule has 3 atom stereocenters. The van der Waals surface area contributed by atoms with Gasteiger partial charge in [-0.1, -0.05) is 0 Å². The van der Waals surface area contributed by atoms with Crippen molar-refractivity contribution in [3.63, 3.8) is 0 Å². The van der Waals surface area contributed by atoms with Crippen LogP contribution in [0.4, 0.5) is 26.3 Å². The van der Waals surface area contributed by atoms with Gasteiger partial charge in [-0.15, -0.1) is 0 Å². The van der Waals surface area contributed by atoms with Crippen LogP contribution in [0.5, 0.6) is 5.75 Å². The Morgan fingerprint density at radius 1 is 1.05 bits per heavy atom. The van der Waals surface area contributed by atoms with Gasteiger partial charge in [0.05, 0.1) is 39.5 Å². The molecule has 4 aliphatic carbocycles. The molecule has 210 valence electrons. The monoisotopic (exact) mass is 547 g/mol. The number of hydrogen-bond donors (Lipinski definition) is 3. The number of imidazole rings is 1. The van der Waals surface area contributed by atoms with Crippen LogP contribution in [0, 0.1) is 10.8 Å². The van der Waals surface area contributed by atoms with Gasteiger partial charge < -0.3 is 24.8 Å². The number of fused-ring (bicyclic) bond motifs is 1. The molecule has 5 fully saturated rings. The summed E-state index contributed by atoms with van der Waals surface area (Å²) >= 11 is 0. The highest BCUT2D eigenvalue weighted by atomic mass is 19.4. The average Bonchev–Trinajstić information content (AvgIpc) is 3.08. The number of ether oxygens (including phenoxy) is 1. The average molecular weight is 548 g/mol. The maximum absolute atomic E-state index is 14.1. The lowest BCUT2D eigenvalue weighted by atomic mass is 9.29. The van der Waals surface area contributed by atoms with Crippen LogP contribution in [0.25, 0.3) is 11.0 Å². The van der Waals surface area contributed by atoms with Crippen molar-refractivity contribution in [1.82, 2.24) is 14.9 Å². The van der Waals surface area contributed by atoms with Crippen LogP contribution in [0.3, 0.4) is 0 Å². The Bertz CT molecular complexity index is 1240. The number of alkyl halides is 6. The maximum atomic E-state index is 14.1. The zero-order chi connectivity index (χ0) is 27.5. The van der Waals surface area contributed by atoms with Gasteiger partial charge in [-0.3, -0.25) is 0 Å². The summed E-state index contributed by atoms with van der Waals surface area (Å²) in [6, 6.07) is 1.44. The molecule has 5 aliphatic rings. The van der Waals surface area contributed by atoms with Crippen molar-refractivity contribution in [3.8, 4) is 5.75 Å². The first-order chi connectivity index (χ1) is 17.5. The molecule has 7 rings (SSSR count). The summed E-state index contributed by atoms with van der Waals surface area (Å²) in [5.74, 6) is -0.0270. The number of piperidine rings is 1. The summed E-state index contributed by atoms with van der Waals surface area (Å²) in [6.07, 6.45) is -6.69. The SMILES string of the molecule is C[C@H]1C[C@@](O)(C23CC(C(F)(F)F)(C2)C3)C[C@@H](COc2cc(C(F)(F)F)c3c(c2)ncn3C2CC(C)(O)C2)N1. The summed E-state index contributed by atoms with van der Waals surface area (Å²) in [7, 11) is 0. The molecule has 0 unspecified atom stereocenters. The first-order valence-corrected chi connectivity index (χ1v) is 12.9. The van der Waals surface area contributed by atoms with Crippen LogP contribution in [0.2, 0.25) is 0 Å². The molecule has 3 N–H and O–H groups in total. The van der Waals surface area contributed by atoms with E-state index in [4.69, 9.17) is 4.74 Å². The lowest BCUT2D eigenvalue weighted by Crippen LogP contribution is -2.78.